The lowest BCUT2D eigenvalue weighted by Gasteiger charge is -2.23. The van der Waals surface area contributed by atoms with Crippen LogP contribution in [0.15, 0.2) is 36.4 Å². The number of aliphatic hydroxyl groups excluding tert-OH is 1. The van der Waals surface area contributed by atoms with E-state index in [4.69, 9.17) is 4.74 Å². The van der Waals surface area contributed by atoms with Gasteiger partial charge in [-0.2, -0.15) is 0 Å². The Morgan fingerprint density at radius 3 is 2.37 bits per heavy atom. The van der Waals surface area contributed by atoms with Gasteiger partial charge < -0.3 is 9.84 Å². The van der Waals surface area contributed by atoms with Crippen molar-refractivity contribution >= 4 is 12.0 Å². The minimum atomic E-state index is -0.852. The third-order valence-corrected chi connectivity index (χ3v) is 2.58. The Morgan fingerprint density at radius 2 is 1.84 bits per heavy atom. The monoisotopic (exact) mass is 262 g/mol. The molecule has 1 aromatic rings. The van der Waals surface area contributed by atoms with Crippen molar-refractivity contribution in [2.45, 2.75) is 39.4 Å². The fourth-order valence-corrected chi connectivity index (χ4v) is 1.47. The molecule has 1 rings (SSSR count). The Morgan fingerprint density at radius 1 is 1.26 bits per heavy atom. The zero-order valence-electron chi connectivity index (χ0n) is 12.0. The molecule has 1 aromatic carbocycles. The van der Waals surface area contributed by atoms with Crippen molar-refractivity contribution in [2.75, 3.05) is 0 Å². The molecule has 0 aliphatic carbocycles. The molecule has 0 amide bonds. The van der Waals surface area contributed by atoms with Crippen LogP contribution in [0.3, 0.4) is 0 Å². The van der Waals surface area contributed by atoms with E-state index >= 15 is 0 Å². The lowest BCUT2D eigenvalue weighted by molar-refractivity contribution is -0.162. The van der Waals surface area contributed by atoms with Crippen LogP contribution in [0.1, 0.15) is 33.3 Å². The van der Waals surface area contributed by atoms with E-state index in [0.717, 1.165) is 5.56 Å². The zero-order chi connectivity index (χ0) is 14.5. The topological polar surface area (TPSA) is 46.5 Å². The number of carbonyl (C=O) groups excluding carboxylic acids is 1. The van der Waals surface area contributed by atoms with Gasteiger partial charge in [0.15, 0.2) is 0 Å². The molecule has 0 unspecified atom stereocenters. The fourth-order valence-electron chi connectivity index (χ4n) is 1.47. The van der Waals surface area contributed by atoms with Gasteiger partial charge in [-0.05, 0) is 33.3 Å². The highest BCUT2D eigenvalue weighted by Gasteiger charge is 2.25. The van der Waals surface area contributed by atoms with Gasteiger partial charge >= 0.3 is 5.97 Å². The van der Waals surface area contributed by atoms with Gasteiger partial charge in [-0.25, -0.2) is 0 Å². The molecule has 19 heavy (non-hydrogen) atoms. The molecule has 0 saturated carbocycles. The lowest BCUT2D eigenvalue weighted by Crippen LogP contribution is -2.32. The number of carbonyl (C=O) groups is 1. The molecule has 0 radical (unpaired) electrons. The first-order chi connectivity index (χ1) is 8.79. The normalized spacial score (nSPS) is 15.2. The number of esters is 1. The van der Waals surface area contributed by atoms with Gasteiger partial charge in [0.2, 0.25) is 0 Å². The van der Waals surface area contributed by atoms with Crippen molar-refractivity contribution in [3.63, 3.8) is 0 Å². The molecule has 0 spiro atoms. The second-order valence-electron chi connectivity index (χ2n) is 5.58. The van der Waals surface area contributed by atoms with E-state index in [-0.39, 0.29) is 0 Å². The lowest BCUT2D eigenvalue weighted by atomic mass is 10.0. The van der Waals surface area contributed by atoms with Gasteiger partial charge in [-0.3, -0.25) is 4.79 Å². The van der Waals surface area contributed by atoms with Crippen molar-refractivity contribution in [3.8, 4) is 0 Å². The number of ether oxygens (including phenoxy) is 1. The molecule has 0 aliphatic heterocycles. The first-order valence-corrected chi connectivity index (χ1v) is 6.44. The Kier molecular flexibility index (Phi) is 5.31. The predicted molar refractivity (Wildman–Crippen MR) is 76.5 cm³/mol. The average molecular weight is 262 g/mol. The SMILES string of the molecule is C[C@@H](C(=O)OC(C)(C)C)[C@H](O)/C=C/c1ccccc1. The van der Waals surface area contributed by atoms with Crippen LogP contribution < -0.4 is 0 Å². The molecular weight excluding hydrogens is 240 g/mol. The average Bonchev–Trinajstić information content (AvgIpc) is 2.34. The largest absolute Gasteiger partial charge is 0.460 e. The maximum absolute atomic E-state index is 11.8. The number of benzene rings is 1. The van der Waals surface area contributed by atoms with Crippen LogP contribution in [0.5, 0.6) is 0 Å². The van der Waals surface area contributed by atoms with Gasteiger partial charge in [-0.15, -0.1) is 0 Å². The van der Waals surface area contributed by atoms with Crippen LogP contribution in [0.25, 0.3) is 6.08 Å². The van der Waals surface area contributed by atoms with E-state index in [9.17, 15) is 9.90 Å². The summed E-state index contributed by atoms with van der Waals surface area (Å²) in [6.45, 7) is 7.09. The fraction of sp³-hybridized carbons (Fsp3) is 0.438. The molecule has 0 heterocycles. The molecule has 2 atom stereocenters. The zero-order valence-corrected chi connectivity index (χ0v) is 12.0. The van der Waals surface area contributed by atoms with Crippen LogP contribution in [-0.2, 0) is 9.53 Å². The molecule has 0 aliphatic rings. The maximum atomic E-state index is 11.8. The third-order valence-electron chi connectivity index (χ3n) is 2.58. The molecule has 1 N–H and O–H groups in total. The molecule has 104 valence electrons. The van der Waals surface area contributed by atoms with Crippen molar-refractivity contribution < 1.29 is 14.6 Å². The van der Waals surface area contributed by atoms with Crippen LogP contribution in [0, 0.1) is 5.92 Å². The Labute approximate surface area is 114 Å². The summed E-state index contributed by atoms with van der Waals surface area (Å²) in [5.41, 5.74) is 0.451. The Balaban J connectivity index is 2.60. The molecule has 3 heteroatoms. The summed E-state index contributed by atoms with van der Waals surface area (Å²) in [6, 6.07) is 9.63. The minimum absolute atomic E-state index is 0.391. The summed E-state index contributed by atoms with van der Waals surface area (Å²) in [6.07, 6.45) is 2.56. The van der Waals surface area contributed by atoms with Gasteiger partial charge in [0.05, 0.1) is 12.0 Å². The standard InChI is InChI=1S/C16H22O3/c1-12(15(18)19-16(2,3)4)14(17)11-10-13-8-6-5-7-9-13/h5-12,14,17H,1-4H3/b11-10+/t12-,14-/m1/s1. The molecular formula is C16H22O3. The number of hydrogen-bond acceptors (Lipinski definition) is 3. The maximum Gasteiger partial charge on any atom is 0.312 e. The van der Waals surface area contributed by atoms with Gasteiger partial charge in [0, 0.05) is 0 Å². The Hall–Kier alpha value is -1.61. The van der Waals surface area contributed by atoms with Gasteiger partial charge in [-0.1, -0.05) is 42.5 Å². The van der Waals surface area contributed by atoms with Crippen molar-refractivity contribution in [1.29, 1.82) is 0 Å². The second kappa shape index (κ2) is 6.53. The minimum Gasteiger partial charge on any atom is -0.460 e. The first kappa shape index (κ1) is 15.4. The van der Waals surface area contributed by atoms with E-state index in [0.29, 0.717) is 0 Å². The third kappa shape index (κ3) is 5.71. The molecule has 0 bridgehead atoms. The first-order valence-electron chi connectivity index (χ1n) is 6.44. The number of hydrogen-bond donors (Lipinski definition) is 1. The van der Waals surface area contributed by atoms with Crippen LogP contribution in [0.2, 0.25) is 0 Å². The summed E-state index contributed by atoms with van der Waals surface area (Å²) in [5, 5.41) is 9.96. The smallest absolute Gasteiger partial charge is 0.312 e. The highest BCUT2D eigenvalue weighted by molar-refractivity contribution is 5.73. The summed E-state index contributed by atoms with van der Waals surface area (Å²) in [5.74, 6) is -0.975. The van der Waals surface area contributed by atoms with Crippen LogP contribution in [-0.4, -0.2) is 22.8 Å². The van der Waals surface area contributed by atoms with Crippen molar-refractivity contribution in [1.82, 2.24) is 0 Å². The molecule has 0 saturated heterocycles. The summed E-state index contributed by atoms with van der Waals surface area (Å²) in [7, 11) is 0. The Bertz CT molecular complexity index is 429. The van der Waals surface area contributed by atoms with Crippen molar-refractivity contribution in [2.24, 2.45) is 5.92 Å². The highest BCUT2D eigenvalue weighted by Crippen LogP contribution is 2.15. The van der Waals surface area contributed by atoms with E-state index in [1.807, 2.05) is 51.1 Å². The molecule has 0 fully saturated rings. The number of aliphatic hydroxyl groups is 1. The summed E-state index contributed by atoms with van der Waals surface area (Å²) >= 11 is 0. The van der Waals surface area contributed by atoms with Gasteiger partial charge in [0.1, 0.15) is 5.60 Å². The van der Waals surface area contributed by atoms with E-state index in [2.05, 4.69) is 0 Å². The van der Waals surface area contributed by atoms with Gasteiger partial charge in [0.25, 0.3) is 0 Å². The van der Waals surface area contributed by atoms with E-state index in [1.54, 1.807) is 19.1 Å². The van der Waals surface area contributed by atoms with E-state index < -0.39 is 23.6 Å². The van der Waals surface area contributed by atoms with Crippen LogP contribution >= 0.6 is 0 Å². The summed E-state index contributed by atoms with van der Waals surface area (Å²) in [4.78, 5) is 11.8. The predicted octanol–water partition coefficient (Wildman–Crippen LogP) is 3.04. The van der Waals surface area contributed by atoms with Crippen LogP contribution in [0.4, 0.5) is 0 Å². The number of rotatable bonds is 4. The molecule has 3 nitrogen and oxygen atoms in total. The van der Waals surface area contributed by atoms with Crippen molar-refractivity contribution in [3.05, 3.63) is 42.0 Å². The quantitative estimate of drug-likeness (QED) is 0.848. The molecule has 0 aromatic heterocycles. The highest BCUT2D eigenvalue weighted by atomic mass is 16.6. The van der Waals surface area contributed by atoms with E-state index in [1.165, 1.54) is 0 Å². The second-order valence-corrected chi connectivity index (χ2v) is 5.58. The summed E-state index contributed by atoms with van der Waals surface area (Å²) < 4.78 is 5.24.